The van der Waals surface area contributed by atoms with E-state index in [1.165, 1.54) is 24.8 Å². The van der Waals surface area contributed by atoms with Crippen LogP contribution < -0.4 is 10.6 Å². The second-order valence-electron chi connectivity index (χ2n) is 5.39. The van der Waals surface area contributed by atoms with Crippen molar-refractivity contribution in [2.45, 2.75) is 51.5 Å². The van der Waals surface area contributed by atoms with Crippen LogP contribution >= 0.6 is 0 Å². The van der Waals surface area contributed by atoms with Crippen LogP contribution in [0.15, 0.2) is 24.3 Å². The Labute approximate surface area is 115 Å². The quantitative estimate of drug-likeness (QED) is 0.853. The second-order valence-corrected chi connectivity index (χ2v) is 5.39. The fourth-order valence-corrected chi connectivity index (χ4v) is 2.63. The van der Waals surface area contributed by atoms with Gasteiger partial charge in [-0.05, 0) is 31.4 Å². The molecule has 0 radical (unpaired) electrons. The summed E-state index contributed by atoms with van der Waals surface area (Å²) in [5, 5.41) is 6.46. The van der Waals surface area contributed by atoms with E-state index >= 15 is 0 Å². The van der Waals surface area contributed by atoms with Gasteiger partial charge in [0.2, 0.25) is 5.91 Å². The number of carbonyl (C=O) groups excluding carboxylic acids is 1. The Morgan fingerprint density at radius 1 is 1.21 bits per heavy atom. The number of hydrogen-bond acceptors (Lipinski definition) is 2. The fourth-order valence-electron chi connectivity index (χ4n) is 2.63. The number of aryl methyl sites for hydroxylation is 1. The van der Waals surface area contributed by atoms with Gasteiger partial charge in [-0.1, -0.05) is 37.5 Å². The van der Waals surface area contributed by atoms with Crippen LogP contribution in [-0.4, -0.2) is 18.5 Å². The summed E-state index contributed by atoms with van der Waals surface area (Å²) in [4.78, 5) is 11.8. The zero-order valence-electron chi connectivity index (χ0n) is 11.7. The van der Waals surface area contributed by atoms with Crippen LogP contribution in [0.4, 0.5) is 5.69 Å². The van der Waals surface area contributed by atoms with Crippen molar-refractivity contribution in [3.8, 4) is 0 Å². The van der Waals surface area contributed by atoms with E-state index in [1.807, 2.05) is 18.2 Å². The molecular weight excluding hydrogens is 236 g/mol. The molecule has 0 aliphatic heterocycles. The molecule has 0 atom stereocenters. The van der Waals surface area contributed by atoms with Gasteiger partial charge >= 0.3 is 0 Å². The van der Waals surface area contributed by atoms with E-state index in [-0.39, 0.29) is 5.91 Å². The van der Waals surface area contributed by atoms with Crippen molar-refractivity contribution in [3.63, 3.8) is 0 Å². The van der Waals surface area contributed by atoms with E-state index in [1.54, 1.807) is 0 Å². The Kier molecular flexibility index (Phi) is 5.25. The molecule has 0 heterocycles. The highest BCUT2D eigenvalue weighted by Crippen LogP contribution is 2.17. The third-order valence-corrected chi connectivity index (χ3v) is 3.78. The lowest BCUT2D eigenvalue weighted by molar-refractivity contribution is -0.121. The average Bonchev–Trinajstić information content (AvgIpc) is 2.42. The van der Waals surface area contributed by atoms with Gasteiger partial charge in [-0.3, -0.25) is 4.79 Å². The van der Waals surface area contributed by atoms with Crippen molar-refractivity contribution in [1.82, 2.24) is 5.32 Å². The van der Waals surface area contributed by atoms with Crippen molar-refractivity contribution < 1.29 is 4.79 Å². The first-order chi connectivity index (χ1) is 9.25. The monoisotopic (exact) mass is 260 g/mol. The molecule has 104 valence electrons. The minimum atomic E-state index is 0.174. The Hall–Kier alpha value is -1.51. The van der Waals surface area contributed by atoms with Gasteiger partial charge in [0.15, 0.2) is 0 Å². The maximum atomic E-state index is 11.8. The molecular formula is C16H24N2O. The van der Waals surface area contributed by atoms with E-state index < -0.39 is 0 Å². The molecule has 3 nitrogen and oxygen atoms in total. The van der Waals surface area contributed by atoms with Crippen LogP contribution in [0.2, 0.25) is 0 Å². The lowest BCUT2D eigenvalue weighted by atomic mass is 9.95. The molecule has 1 fully saturated rings. The summed E-state index contributed by atoms with van der Waals surface area (Å²) in [5.41, 5.74) is 2.34. The summed E-state index contributed by atoms with van der Waals surface area (Å²) in [7, 11) is 0. The minimum absolute atomic E-state index is 0.174. The van der Waals surface area contributed by atoms with Crippen molar-refractivity contribution in [3.05, 3.63) is 29.8 Å². The lowest BCUT2D eigenvalue weighted by Crippen LogP contribution is -2.36. The molecule has 1 aliphatic carbocycles. The fraction of sp³-hybridized carbons (Fsp3) is 0.562. The first kappa shape index (κ1) is 13.9. The van der Waals surface area contributed by atoms with Gasteiger partial charge in [0.1, 0.15) is 0 Å². The summed E-state index contributed by atoms with van der Waals surface area (Å²) in [6.07, 6.45) is 6.68. The van der Waals surface area contributed by atoms with Crippen LogP contribution in [0.5, 0.6) is 0 Å². The first-order valence-corrected chi connectivity index (χ1v) is 7.34. The standard InChI is InChI=1S/C16H24N2O/c1-13-7-5-6-10-15(13)17-12-11-16(19)18-14-8-3-2-4-9-14/h5-7,10,14,17H,2-4,8-9,11-12H2,1H3,(H,18,19). The summed E-state index contributed by atoms with van der Waals surface area (Å²) in [6, 6.07) is 8.58. The van der Waals surface area contributed by atoms with E-state index in [9.17, 15) is 4.79 Å². The van der Waals surface area contributed by atoms with Crippen LogP contribution in [-0.2, 0) is 4.79 Å². The highest BCUT2D eigenvalue weighted by atomic mass is 16.1. The molecule has 1 aliphatic rings. The minimum Gasteiger partial charge on any atom is -0.384 e. The van der Waals surface area contributed by atoms with Crippen LogP contribution in [0.3, 0.4) is 0 Å². The molecule has 0 saturated heterocycles. The van der Waals surface area contributed by atoms with Crippen LogP contribution in [0.25, 0.3) is 0 Å². The highest BCUT2D eigenvalue weighted by Gasteiger charge is 2.15. The SMILES string of the molecule is Cc1ccccc1NCCC(=O)NC1CCCCC1. The van der Waals surface area contributed by atoms with E-state index in [4.69, 9.17) is 0 Å². The maximum Gasteiger partial charge on any atom is 0.221 e. The largest absolute Gasteiger partial charge is 0.384 e. The zero-order chi connectivity index (χ0) is 13.5. The van der Waals surface area contributed by atoms with E-state index in [0.717, 1.165) is 18.5 Å². The first-order valence-electron chi connectivity index (χ1n) is 7.34. The van der Waals surface area contributed by atoms with Crippen molar-refractivity contribution in [2.75, 3.05) is 11.9 Å². The molecule has 0 bridgehead atoms. The number of hydrogen-bond donors (Lipinski definition) is 2. The number of amides is 1. The molecule has 1 amide bonds. The van der Waals surface area contributed by atoms with Crippen molar-refractivity contribution in [1.29, 1.82) is 0 Å². The van der Waals surface area contributed by atoms with Crippen LogP contribution in [0.1, 0.15) is 44.1 Å². The second kappa shape index (κ2) is 7.17. The number of rotatable bonds is 5. The number of para-hydroxylation sites is 1. The van der Waals surface area contributed by atoms with Gasteiger partial charge in [0.25, 0.3) is 0 Å². The maximum absolute atomic E-state index is 11.8. The molecule has 0 spiro atoms. The summed E-state index contributed by atoms with van der Waals surface area (Å²) < 4.78 is 0. The molecule has 2 N–H and O–H groups in total. The number of anilines is 1. The molecule has 3 heteroatoms. The van der Waals surface area contributed by atoms with Crippen molar-refractivity contribution in [2.24, 2.45) is 0 Å². The third kappa shape index (κ3) is 4.58. The topological polar surface area (TPSA) is 41.1 Å². The van der Waals surface area contributed by atoms with Gasteiger partial charge in [-0.25, -0.2) is 0 Å². The molecule has 0 aromatic heterocycles. The average molecular weight is 260 g/mol. The van der Waals surface area contributed by atoms with Gasteiger partial charge in [0.05, 0.1) is 0 Å². The van der Waals surface area contributed by atoms with E-state index in [0.29, 0.717) is 19.0 Å². The Bertz CT molecular complexity index is 411. The lowest BCUT2D eigenvalue weighted by Gasteiger charge is -2.22. The molecule has 1 aromatic rings. The predicted molar refractivity (Wildman–Crippen MR) is 79.3 cm³/mol. The van der Waals surface area contributed by atoms with Gasteiger partial charge in [-0.2, -0.15) is 0 Å². The molecule has 2 rings (SSSR count). The number of carbonyl (C=O) groups is 1. The van der Waals surface area contributed by atoms with E-state index in [2.05, 4.69) is 23.6 Å². The number of nitrogens with one attached hydrogen (secondary N) is 2. The summed E-state index contributed by atoms with van der Waals surface area (Å²) in [5.74, 6) is 0.174. The highest BCUT2D eigenvalue weighted by molar-refractivity contribution is 5.76. The van der Waals surface area contributed by atoms with Gasteiger partial charge in [0, 0.05) is 24.7 Å². The molecule has 19 heavy (non-hydrogen) atoms. The predicted octanol–water partition coefficient (Wildman–Crippen LogP) is 3.25. The molecule has 1 aromatic carbocycles. The summed E-state index contributed by atoms with van der Waals surface area (Å²) >= 11 is 0. The molecule has 0 unspecified atom stereocenters. The molecule has 1 saturated carbocycles. The van der Waals surface area contributed by atoms with Crippen LogP contribution in [0, 0.1) is 6.92 Å². The zero-order valence-corrected chi connectivity index (χ0v) is 11.7. The number of benzene rings is 1. The van der Waals surface area contributed by atoms with Gasteiger partial charge < -0.3 is 10.6 Å². The normalized spacial score (nSPS) is 16.1. The third-order valence-electron chi connectivity index (χ3n) is 3.78. The Morgan fingerprint density at radius 2 is 1.95 bits per heavy atom. The Morgan fingerprint density at radius 3 is 2.68 bits per heavy atom. The van der Waals surface area contributed by atoms with Crippen molar-refractivity contribution >= 4 is 11.6 Å². The summed E-state index contributed by atoms with van der Waals surface area (Å²) in [6.45, 7) is 2.77. The van der Waals surface area contributed by atoms with Gasteiger partial charge in [-0.15, -0.1) is 0 Å². The Balaban J connectivity index is 1.67. The smallest absolute Gasteiger partial charge is 0.221 e.